The van der Waals surface area contributed by atoms with Crippen molar-refractivity contribution in [3.63, 3.8) is 0 Å². The van der Waals surface area contributed by atoms with Crippen LogP contribution in [0.15, 0.2) is 66.7 Å². The van der Waals surface area contributed by atoms with Gasteiger partial charge in [-0.05, 0) is 49.4 Å². The molecule has 0 aliphatic rings. The molecule has 3 aromatic carbocycles. The lowest BCUT2D eigenvalue weighted by Crippen LogP contribution is -2.22. The number of para-hydroxylation sites is 1. The van der Waals surface area contributed by atoms with Crippen molar-refractivity contribution in [1.29, 1.82) is 0 Å². The predicted octanol–water partition coefficient (Wildman–Crippen LogP) is 4.84. The highest BCUT2D eigenvalue weighted by molar-refractivity contribution is 6.30. The van der Waals surface area contributed by atoms with Crippen molar-refractivity contribution in [2.24, 2.45) is 0 Å². The van der Waals surface area contributed by atoms with Gasteiger partial charge in [-0.2, -0.15) is 0 Å². The number of amides is 2. The number of rotatable bonds is 6. The number of carbonyl (C=O) groups is 3. The van der Waals surface area contributed by atoms with E-state index in [-0.39, 0.29) is 22.0 Å². The normalized spacial score (nSPS) is 10.3. The summed E-state index contributed by atoms with van der Waals surface area (Å²) < 4.78 is 18.7. The van der Waals surface area contributed by atoms with Crippen molar-refractivity contribution in [3.05, 3.63) is 94.3 Å². The minimum atomic E-state index is -0.818. The number of anilines is 2. The fraction of sp³-hybridized carbons (Fsp3) is 0.0870. The van der Waals surface area contributed by atoms with Crippen LogP contribution in [-0.2, 0) is 9.53 Å². The summed E-state index contributed by atoms with van der Waals surface area (Å²) >= 11 is 5.78. The number of hydrogen-bond acceptors (Lipinski definition) is 4. The zero-order chi connectivity index (χ0) is 22.4. The first-order valence-corrected chi connectivity index (χ1v) is 9.60. The van der Waals surface area contributed by atoms with Gasteiger partial charge in [0.2, 0.25) is 0 Å². The third-order valence-corrected chi connectivity index (χ3v) is 4.45. The molecular formula is C23H18ClFN2O4. The lowest BCUT2D eigenvalue weighted by molar-refractivity contribution is -0.119. The van der Waals surface area contributed by atoms with Gasteiger partial charge in [0.15, 0.2) is 6.61 Å². The molecule has 0 heterocycles. The Labute approximate surface area is 183 Å². The number of esters is 1. The summed E-state index contributed by atoms with van der Waals surface area (Å²) in [6.45, 7) is 1.22. The van der Waals surface area contributed by atoms with E-state index in [1.54, 1.807) is 36.4 Å². The Kier molecular flexibility index (Phi) is 6.99. The molecule has 0 aromatic heterocycles. The van der Waals surface area contributed by atoms with Crippen LogP contribution in [0.2, 0.25) is 5.02 Å². The van der Waals surface area contributed by atoms with Gasteiger partial charge < -0.3 is 15.4 Å². The van der Waals surface area contributed by atoms with E-state index in [9.17, 15) is 18.8 Å². The molecule has 0 saturated carbocycles. The third kappa shape index (κ3) is 5.90. The smallest absolute Gasteiger partial charge is 0.340 e. The van der Waals surface area contributed by atoms with Crippen molar-refractivity contribution in [1.82, 2.24) is 0 Å². The van der Waals surface area contributed by atoms with Gasteiger partial charge in [0, 0.05) is 10.6 Å². The van der Waals surface area contributed by atoms with Gasteiger partial charge >= 0.3 is 5.97 Å². The maximum atomic E-state index is 13.7. The maximum absolute atomic E-state index is 13.7. The van der Waals surface area contributed by atoms with Crippen LogP contribution in [0.1, 0.15) is 26.3 Å². The second kappa shape index (κ2) is 9.86. The van der Waals surface area contributed by atoms with E-state index in [4.69, 9.17) is 16.3 Å². The fourth-order valence-electron chi connectivity index (χ4n) is 2.74. The van der Waals surface area contributed by atoms with Gasteiger partial charge in [-0.3, -0.25) is 9.59 Å². The zero-order valence-corrected chi connectivity index (χ0v) is 17.2. The molecule has 0 spiro atoms. The molecule has 0 atom stereocenters. The second-order valence-electron chi connectivity index (χ2n) is 6.62. The number of hydrogen-bond donors (Lipinski definition) is 2. The van der Waals surface area contributed by atoms with Crippen molar-refractivity contribution in [2.75, 3.05) is 17.2 Å². The molecule has 3 rings (SSSR count). The molecule has 31 heavy (non-hydrogen) atoms. The third-order valence-electron chi connectivity index (χ3n) is 4.21. The summed E-state index contributed by atoms with van der Waals surface area (Å²) in [5.41, 5.74) is 1.54. The van der Waals surface area contributed by atoms with Gasteiger partial charge in [0.25, 0.3) is 11.8 Å². The van der Waals surface area contributed by atoms with Crippen LogP contribution >= 0.6 is 11.6 Å². The Balaban J connectivity index is 1.65. The van der Waals surface area contributed by atoms with Gasteiger partial charge in [0.05, 0.1) is 16.9 Å². The average molecular weight is 441 g/mol. The van der Waals surface area contributed by atoms with Crippen LogP contribution in [0, 0.1) is 12.7 Å². The van der Waals surface area contributed by atoms with Crippen molar-refractivity contribution >= 4 is 40.8 Å². The monoisotopic (exact) mass is 440 g/mol. The van der Waals surface area contributed by atoms with E-state index in [2.05, 4.69) is 10.6 Å². The second-order valence-corrected chi connectivity index (χ2v) is 7.05. The first kappa shape index (κ1) is 22.0. The average Bonchev–Trinajstić information content (AvgIpc) is 2.75. The van der Waals surface area contributed by atoms with Gasteiger partial charge in [0.1, 0.15) is 5.82 Å². The molecule has 0 radical (unpaired) electrons. The van der Waals surface area contributed by atoms with E-state index in [0.29, 0.717) is 5.56 Å². The summed E-state index contributed by atoms with van der Waals surface area (Å²) in [6, 6.07) is 16.9. The minimum Gasteiger partial charge on any atom is -0.452 e. The Bertz CT molecular complexity index is 1150. The first-order chi connectivity index (χ1) is 14.8. The lowest BCUT2D eigenvalue weighted by Gasteiger charge is -2.12. The Morgan fingerprint density at radius 3 is 2.48 bits per heavy atom. The van der Waals surface area contributed by atoms with E-state index in [1.165, 1.54) is 18.2 Å². The predicted molar refractivity (Wildman–Crippen MR) is 116 cm³/mol. The van der Waals surface area contributed by atoms with Crippen LogP contribution in [0.5, 0.6) is 0 Å². The molecule has 0 bridgehead atoms. The Morgan fingerprint density at radius 1 is 0.935 bits per heavy atom. The van der Waals surface area contributed by atoms with Crippen LogP contribution in [0.3, 0.4) is 0 Å². The number of ether oxygens (including phenoxy) is 1. The van der Waals surface area contributed by atoms with Crippen LogP contribution in [-0.4, -0.2) is 24.4 Å². The molecule has 0 fully saturated rings. The van der Waals surface area contributed by atoms with Crippen molar-refractivity contribution < 1.29 is 23.5 Å². The number of halogens is 2. The summed E-state index contributed by atoms with van der Waals surface area (Å²) in [6.07, 6.45) is 0. The standard InChI is InChI=1S/C23H18ClFN2O4/c1-14-5-4-6-15(11-14)22(29)27-19-8-3-2-7-17(19)23(30)31-13-21(28)26-20-12-16(24)9-10-18(20)25/h2-12H,13H2,1H3,(H,26,28)(H,27,29). The maximum Gasteiger partial charge on any atom is 0.340 e. The molecule has 6 nitrogen and oxygen atoms in total. The molecular weight excluding hydrogens is 423 g/mol. The zero-order valence-electron chi connectivity index (χ0n) is 16.4. The van der Waals surface area contributed by atoms with E-state index < -0.39 is 30.2 Å². The molecule has 2 N–H and O–H groups in total. The summed E-state index contributed by atoms with van der Waals surface area (Å²) in [7, 11) is 0. The van der Waals surface area contributed by atoms with Crippen molar-refractivity contribution in [3.8, 4) is 0 Å². The summed E-state index contributed by atoms with van der Waals surface area (Å²) in [4.78, 5) is 37.0. The number of nitrogens with one attached hydrogen (secondary N) is 2. The topological polar surface area (TPSA) is 84.5 Å². The Morgan fingerprint density at radius 2 is 1.71 bits per heavy atom. The highest BCUT2D eigenvalue weighted by Gasteiger charge is 2.17. The lowest BCUT2D eigenvalue weighted by atomic mass is 10.1. The Hall–Kier alpha value is -3.71. The van der Waals surface area contributed by atoms with Crippen LogP contribution in [0.25, 0.3) is 0 Å². The molecule has 0 unspecified atom stereocenters. The molecule has 0 saturated heterocycles. The first-order valence-electron chi connectivity index (χ1n) is 9.22. The van der Waals surface area contributed by atoms with Gasteiger partial charge in [-0.15, -0.1) is 0 Å². The van der Waals surface area contributed by atoms with Crippen molar-refractivity contribution in [2.45, 2.75) is 6.92 Å². The van der Waals surface area contributed by atoms with E-state index in [1.807, 2.05) is 13.0 Å². The number of aryl methyl sites for hydroxylation is 1. The van der Waals surface area contributed by atoms with Gasteiger partial charge in [-0.25, -0.2) is 9.18 Å². The van der Waals surface area contributed by atoms with Crippen LogP contribution < -0.4 is 10.6 Å². The molecule has 158 valence electrons. The highest BCUT2D eigenvalue weighted by atomic mass is 35.5. The molecule has 8 heteroatoms. The number of benzene rings is 3. The van der Waals surface area contributed by atoms with Gasteiger partial charge in [-0.1, -0.05) is 41.4 Å². The van der Waals surface area contributed by atoms with E-state index in [0.717, 1.165) is 11.6 Å². The highest BCUT2D eigenvalue weighted by Crippen LogP contribution is 2.20. The molecule has 2 amide bonds. The number of carbonyl (C=O) groups excluding carboxylic acids is 3. The summed E-state index contributed by atoms with van der Waals surface area (Å²) in [5.74, 6) is -2.62. The molecule has 0 aliphatic carbocycles. The quantitative estimate of drug-likeness (QED) is 0.537. The molecule has 0 aliphatic heterocycles. The van der Waals surface area contributed by atoms with Crippen LogP contribution in [0.4, 0.5) is 15.8 Å². The van der Waals surface area contributed by atoms with E-state index >= 15 is 0 Å². The SMILES string of the molecule is Cc1cccc(C(=O)Nc2ccccc2C(=O)OCC(=O)Nc2cc(Cl)ccc2F)c1. The minimum absolute atomic E-state index is 0.0743. The molecule has 3 aromatic rings. The summed E-state index contributed by atoms with van der Waals surface area (Å²) in [5, 5.41) is 5.20. The largest absolute Gasteiger partial charge is 0.452 e. The fourth-order valence-corrected chi connectivity index (χ4v) is 2.91.